The Bertz CT molecular complexity index is 713. The third-order valence-corrected chi connectivity index (χ3v) is 5.57. The first-order valence-corrected chi connectivity index (χ1v) is 9.03. The highest BCUT2D eigenvalue weighted by Gasteiger charge is 2.51. The number of carboxylic acids is 1. The Morgan fingerprint density at radius 2 is 2.07 bits per heavy atom. The predicted octanol–water partition coefficient (Wildman–Crippen LogP) is 1.97. The van der Waals surface area contributed by atoms with Gasteiger partial charge in [0, 0.05) is 38.6 Å². The number of hydrogen-bond donors (Lipinski definition) is 1. The van der Waals surface area contributed by atoms with Crippen LogP contribution in [-0.2, 0) is 14.3 Å². The van der Waals surface area contributed by atoms with Crippen molar-refractivity contribution in [3.05, 3.63) is 24.1 Å². The summed E-state index contributed by atoms with van der Waals surface area (Å²) in [6.45, 7) is 1.55. The van der Waals surface area contributed by atoms with Gasteiger partial charge in [0.2, 0.25) is 5.91 Å². The summed E-state index contributed by atoms with van der Waals surface area (Å²) in [6.07, 6.45) is -2.81. The predicted molar refractivity (Wildman–Crippen MR) is 90.6 cm³/mol. The van der Waals surface area contributed by atoms with Gasteiger partial charge in [-0.3, -0.25) is 4.79 Å². The number of carboxylic acid groups (broad SMARTS) is 1. The van der Waals surface area contributed by atoms with E-state index in [2.05, 4.69) is 4.98 Å². The Morgan fingerprint density at radius 3 is 2.61 bits per heavy atom. The van der Waals surface area contributed by atoms with Crippen LogP contribution in [0.25, 0.3) is 0 Å². The van der Waals surface area contributed by atoms with E-state index in [1.165, 1.54) is 25.4 Å². The molecule has 1 amide bonds. The van der Waals surface area contributed by atoms with Gasteiger partial charge >= 0.3 is 12.1 Å². The number of thioether (sulfide) groups is 1. The molecule has 0 bridgehead atoms. The van der Waals surface area contributed by atoms with Gasteiger partial charge in [-0.05, 0) is 12.1 Å². The van der Waals surface area contributed by atoms with Crippen molar-refractivity contribution in [3.8, 4) is 5.88 Å². The molecule has 1 aromatic heterocycles. The zero-order valence-electron chi connectivity index (χ0n) is 14.7. The molecule has 2 aliphatic rings. The number of ether oxygens (including phenoxy) is 2. The van der Waals surface area contributed by atoms with Gasteiger partial charge in [-0.2, -0.15) is 13.2 Å². The van der Waals surface area contributed by atoms with Gasteiger partial charge in [-0.15, -0.1) is 11.8 Å². The second-order valence-corrected chi connectivity index (χ2v) is 7.70. The fraction of sp³-hybridized carbons (Fsp3) is 0.562. The number of pyridine rings is 1. The molecular weight excluding hydrogens is 408 g/mol. The molecule has 1 aromatic rings. The maximum atomic E-state index is 13.5. The molecule has 7 nitrogen and oxygen atoms in total. The van der Waals surface area contributed by atoms with E-state index in [0.29, 0.717) is 13.1 Å². The molecule has 1 N–H and O–H groups in total. The van der Waals surface area contributed by atoms with Crippen molar-refractivity contribution in [1.29, 1.82) is 0 Å². The van der Waals surface area contributed by atoms with Gasteiger partial charge in [0.15, 0.2) is 5.82 Å². The average Bonchev–Trinajstić information content (AvgIpc) is 3.00. The van der Waals surface area contributed by atoms with E-state index in [9.17, 15) is 22.4 Å². The number of halogens is 4. The van der Waals surface area contributed by atoms with E-state index in [1.807, 2.05) is 0 Å². The van der Waals surface area contributed by atoms with E-state index in [4.69, 9.17) is 19.4 Å². The SMILES string of the molecule is COCC(=O)N1CC2(CC(Oc3ncccc3F)CS2)C1.O=C(O)C(F)(F)F. The lowest BCUT2D eigenvalue weighted by molar-refractivity contribution is -0.192. The first-order valence-electron chi connectivity index (χ1n) is 8.04. The van der Waals surface area contributed by atoms with Gasteiger partial charge < -0.3 is 19.5 Å². The summed E-state index contributed by atoms with van der Waals surface area (Å²) in [5.41, 5.74) is 0. The highest BCUT2D eigenvalue weighted by Crippen LogP contribution is 2.46. The zero-order chi connectivity index (χ0) is 20.9. The van der Waals surface area contributed by atoms with Gasteiger partial charge in [0.05, 0.1) is 4.75 Å². The van der Waals surface area contributed by atoms with E-state index in [-0.39, 0.29) is 29.2 Å². The van der Waals surface area contributed by atoms with Gasteiger partial charge in [-0.25, -0.2) is 14.2 Å². The molecule has 1 unspecified atom stereocenters. The Hall–Kier alpha value is -2.08. The third kappa shape index (κ3) is 5.71. The number of rotatable bonds is 4. The normalized spacial score (nSPS) is 20.2. The van der Waals surface area contributed by atoms with Crippen LogP contribution in [-0.4, -0.2) is 76.5 Å². The molecule has 2 aliphatic heterocycles. The van der Waals surface area contributed by atoms with Crippen LogP contribution in [0.2, 0.25) is 0 Å². The summed E-state index contributed by atoms with van der Waals surface area (Å²) in [4.78, 5) is 26.3. The topological polar surface area (TPSA) is 89.0 Å². The van der Waals surface area contributed by atoms with Crippen molar-refractivity contribution in [2.24, 2.45) is 0 Å². The van der Waals surface area contributed by atoms with Crippen LogP contribution < -0.4 is 4.74 Å². The minimum atomic E-state index is -5.08. The fourth-order valence-electron chi connectivity index (χ4n) is 2.75. The standard InChI is InChI=1S/C14H17FN2O3S.C2HF3O2/c1-19-6-12(18)17-8-14(9-17)5-10(7-21-14)20-13-11(15)3-2-4-16-13;3-2(4,5)1(6)7/h2-4,10H,5-9H2,1H3;(H,6,7). The third-order valence-electron chi connectivity index (χ3n) is 4.00. The first-order chi connectivity index (χ1) is 13.1. The summed E-state index contributed by atoms with van der Waals surface area (Å²) in [6, 6.07) is 2.88. The lowest BCUT2D eigenvalue weighted by Crippen LogP contribution is -2.61. The van der Waals surface area contributed by atoms with Crippen LogP contribution in [0.3, 0.4) is 0 Å². The van der Waals surface area contributed by atoms with Crippen molar-refractivity contribution in [1.82, 2.24) is 9.88 Å². The number of aliphatic carboxylic acids is 1. The molecule has 0 radical (unpaired) electrons. The summed E-state index contributed by atoms with van der Waals surface area (Å²) in [5.74, 6) is -2.32. The van der Waals surface area contributed by atoms with E-state index in [1.54, 1.807) is 16.7 Å². The minimum Gasteiger partial charge on any atom is -0.475 e. The molecule has 3 heterocycles. The number of alkyl halides is 3. The van der Waals surface area contributed by atoms with Crippen LogP contribution in [0, 0.1) is 5.82 Å². The fourth-order valence-corrected chi connectivity index (χ4v) is 4.28. The smallest absolute Gasteiger partial charge is 0.475 e. The summed E-state index contributed by atoms with van der Waals surface area (Å²) in [7, 11) is 1.52. The number of carbonyl (C=O) groups is 2. The molecule has 0 aliphatic carbocycles. The van der Waals surface area contributed by atoms with Crippen LogP contribution in [0.5, 0.6) is 5.88 Å². The van der Waals surface area contributed by atoms with E-state index < -0.39 is 18.0 Å². The van der Waals surface area contributed by atoms with E-state index in [0.717, 1.165) is 12.2 Å². The van der Waals surface area contributed by atoms with Crippen LogP contribution in [0.15, 0.2) is 18.3 Å². The zero-order valence-corrected chi connectivity index (χ0v) is 15.6. The highest BCUT2D eigenvalue weighted by atomic mass is 32.2. The number of hydrogen-bond acceptors (Lipinski definition) is 6. The maximum absolute atomic E-state index is 13.5. The average molecular weight is 426 g/mol. The Morgan fingerprint density at radius 1 is 1.43 bits per heavy atom. The molecule has 3 rings (SSSR count). The monoisotopic (exact) mass is 426 g/mol. The number of carbonyl (C=O) groups excluding carboxylic acids is 1. The number of nitrogens with zero attached hydrogens (tertiary/aromatic N) is 2. The molecule has 1 atom stereocenters. The van der Waals surface area contributed by atoms with Crippen molar-refractivity contribution < 1.29 is 41.7 Å². The first kappa shape index (κ1) is 22.2. The van der Waals surface area contributed by atoms with Crippen LogP contribution in [0.4, 0.5) is 17.6 Å². The lowest BCUT2D eigenvalue weighted by Gasteiger charge is -2.47. The quantitative estimate of drug-likeness (QED) is 0.737. The molecule has 0 aromatic carbocycles. The van der Waals surface area contributed by atoms with Crippen molar-refractivity contribution in [2.45, 2.75) is 23.4 Å². The molecule has 0 saturated carbocycles. The largest absolute Gasteiger partial charge is 0.490 e. The Labute approximate surface area is 162 Å². The summed E-state index contributed by atoms with van der Waals surface area (Å²) >= 11 is 1.79. The van der Waals surface area contributed by atoms with Gasteiger partial charge in [0.25, 0.3) is 5.88 Å². The molecule has 28 heavy (non-hydrogen) atoms. The number of amides is 1. The highest BCUT2D eigenvalue weighted by molar-refractivity contribution is 8.01. The van der Waals surface area contributed by atoms with Gasteiger partial charge in [-0.1, -0.05) is 0 Å². The van der Waals surface area contributed by atoms with Crippen molar-refractivity contribution in [3.63, 3.8) is 0 Å². The molecule has 2 fully saturated rings. The summed E-state index contributed by atoms with van der Waals surface area (Å²) < 4.78 is 55.8. The molecule has 156 valence electrons. The van der Waals surface area contributed by atoms with Crippen LogP contribution >= 0.6 is 11.8 Å². The Balaban J connectivity index is 0.000000345. The lowest BCUT2D eigenvalue weighted by atomic mass is 9.93. The molecule has 1 spiro atoms. The number of aromatic nitrogens is 1. The minimum absolute atomic E-state index is 0.0175. The second-order valence-electron chi connectivity index (χ2n) is 6.21. The van der Waals surface area contributed by atoms with Crippen LogP contribution in [0.1, 0.15) is 6.42 Å². The maximum Gasteiger partial charge on any atom is 0.490 e. The van der Waals surface area contributed by atoms with E-state index >= 15 is 0 Å². The second kappa shape index (κ2) is 8.95. The summed E-state index contributed by atoms with van der Waals surface area (Å²) in [5, 5.41) is 7.12. The van der Waals surface area contributed by atoms with Crippen molar-refractivity contribution >= 4 is 23.6 Å². The molecular formula is C16H18F4N2O5S. The molecule has 12 heteroatoms. The molecule has 2 saturated heterocycles. The van der Waals surface area contributed by atoms with Gasteiger partial charge in [0.1, 0.15) is 12.7 Å². The van der Waals surface area contributed by atoms with Crippen molar-refractivity contribution in [2.75, 3.05) is 32.6 Å². The Kier molecular flexibility index (Phi) is 7.10. The number of methoxy groups -OCH3 is 1. The number of likely N-dealkylation sites (tertiary alicyclic amines) is 1.